The lowest BCUT2D eigenvalue weighted by molar-refractivity contribution is -0.193. The fraction of sp³-hybridized carbons (Fsp3) is 0.481. The molecule has 0 saturated carbocycles. The zero-order valence-corrected chi connectivity index (χ0v) is 23.2. The van der Waals surface area contributed by atoms with Crippen LogP contribution in [0.3, 0.4) is 0 Å². The van der Waals surface area contributed by atoms with Crippen molar-refractivity contribution in [2.45, 2.75) is 67.7 Å². The SMILES string of the molecule is CC(C)(C)c1ccc(Sc2ccccc2CNCCN2CCCC2)cc1.O=C(O)C(F)(F)F.O=C(O)C(F)(F)F. The van der Waals surface area contributed by atoms with E-state index in [0.717, 1.165) is 13.1 Å². The molecule has 3 N–H and O–H groups in total. The first kappa shape index (κ1) is 35.3. The van der Waals surface area contributed by atoms with Crippen molar-refractivity contribution < 1.29 is 46.1 Å². The minimum absolute atomic E-state index is 0.209. The fourth-order valence-electron chi connectivity index (χ4n) is 3.37. The average Bonchev–Trinajstić information content (AvgIpc) is 3.36. The summed E-state index contributed by atoms with van der Waals surface area (Å²) in [7, 11) is 0. The van der Waals surface area contributed by atoms with Crippen LogP contribution in [0.5, 0.6) is 0 Å². The van der Waals surface area contributed by atoms with Crippen molar-refractivity contribution in [3.05, 3.63) is 59.7 Å². The van der Waals surface area contributed by atoms with Crippen LogP contribution in [0.25, 0.3) is 0 Å². The molecular weight excluding hydrogens is 562 g/mol. The number of hydrogen-bond acceptors (Lipinski definition) is 5. The molecule has 2 aromatic rings. The maximum Gasteiger partial charge on any atom is 0.490 e. The van der Waals surface area contributed by atoms with Gasteiger partial charge in [0.1, 0.15) is 0 Å². The van der Waals surface area contributed by atoms with Crippen LogP contribution < -0.4 is 5.32 Å². The second-order valence-corrected chi connectivity index (χ2v) is 10.9. The molecule has 0 radical (unpaired) electrons. The van der Waals surface area contributed by atoms with Crippen molar-refractivity contribution in [2.75, 3.05) is 26.2 Å². The summed E-state index contributed by atoms with van der Waals surface area (Å²) in [6, 6.07) is 17.8. The number of nitrogens with zero attached hydrogens (tertiary/aromatic N) is 1. The fourth-order valence-corrected chi connectivity index (χ4v) is 4.31. The van der Waals surface area contributed by atoms with Crippen LogP contribution >= 0.6 is 11.8 Å². The van der Waals surface area contributed by atoms with Crippen LogP contribution in [0.15, 0.2) is 58.3 Å². The van der Waals surface area contributed by atoms with Crippen molar-refractivity contribution in [3.8, 4) is 0 Å². The average molecular weight is 597 g/mol. The largest absolute Gasteiger partial charge is 0.490 e. The zero-order valence-electron chi connectivity index (χ0n) is 22.4. The number of halogens is 6. The highest BCUT2D eigenvalue weighted by molar-refractivity contribution is 7.99. The van der Waals surface area contributed by atoms with Gasteiger partial charge in [0.05, 0.1) is 0 Å². The molecule has 13 heteroatoms. The summed E-state index contributed by atoms with van der Waals surface area (Å²) in [6.07, 6.45) is -7.43. The summed E-state index contributed by atoms with van der Waals surface area (Å²) in [4.78, 5) is 23.0. The summed E-state index contributed by atoms with van der Waals surface area (Å²) in [5.41, 5.74) is 2.98. The summed E-state index contributed by atoms with van der Waals surface area (Å²) < 4.78 is 63.5. The van der Waals surface area contributed by atoms with E-state index in [9.17, 15) is 26.3 Å². The number of aliphatic carboxylic acids is 2. The first-order chi connectivity index (χ1) is 18.4. The van der Waals surface area contributed by atoms with E-state index in [1.807, 2.05) is 11.8 Å². The Kier molecular flexibility index (Phi) is 14.0. The van der Waals surface area contributed by atoms with Crippen LogP contribution in [0.2, 0.25) is 0 Å². The molecule has 0 aromatic heterocycles. The van der Waals surface area contributed by atoms with E-state index in [1.54, 1.807) is 0 Å². The Morgan fingerprint density at radius 2 is 1.32 bits per heavy atom. The molecule has 1 aliphatic heterocycles. The molecular formula is C27H34F6N2O4S. The zero-order chi connectivity index (χ0) is 30.6. The lowest BCUT2D eigenvalue weighted by Gasteiger charge is -2.19. The van der Waals surface area contributed by atoms with Crippen molar-refractivity contribution in [1.82, 2.24) is 10.2 Å². The summed E-state index contributed by atoms with van der Waals surface area (Å²) in [5.74, 6) is -5.51. The van der Waals surface area contributed by atoms with Crippen LogP contribution in [0.4, 0.5) is 26.3 Å². The molecule has 1 fully saturated rings. The molecule has 1 heterocycles. The van der Waals surface area contributed by atoms with Gasteiger partial charge in [-0.3, -0.25) is 0 Å². The van der Waals surface area contributed by atoms with Gasteiger partial charge >= 0.3 is 24.3 Å². The van der Waals surface area contributed by atoms with Gasteiger partial charge in [0, 0.05) is 29.4 Å². The van der Waals surface area contributed by atoms with Gasteiger partial charge in [-0.05, 0) is 60.7 Å². The summed E-state index contributed by atoms with van der Waals surface area (Å²) in [6.45, 7) is 12.5. The van der Waals surface area contributed by atoms with Crippen molar-refractivity contribution in [3.63, 3.8) is 0 Å². The third-order valence-electron chi connectivity index (χ3n) is 5.52. The first-order valence-electron chi connectivity index (χ1n) is 12.3. The lowest BCUT2D eigenvalue weighted by atomic mass is 9.87. The molecule has 0 bridgehead atoms. The second-order valence-electron chi connectivity index (χ2n) is 9.82. The molecule has 0 amide bonds. The minimum atomic E-state index is -5.08. The number of benzene rings is 2. The van der Waals surface area contributed by atoms with Gasteiger partial charge in [-0.2, -0.15) is 26.3 Å². The molecule has 1 saturated heterocycles. The van der Waals surface area contributed by atoms with E-state index in [-0.39, 0.29) is 5.41 Å². The molecule has 2 aromatic carbocycles. The quantitative estimate of drug-likeness (QED) is 0.246. The smallest absolute Gasteiger partial charge is 0.475 e. The highest BCUT2D eigenvalue weighted by Crippen LogP contribution is 2.32. The number of hydrogen-bond donors (Lipinski definition) is 3. The van der Waals surface area contributed by atoms with Crippen molar-refractivity contribution >= 4 is 23.7 Å². The third-order valence-corrected chi connectivity index (χ3v) is 6.65. The van der Waals surface area contributed by atoms with Gasteiger partial charge in [0.15, 0.2) is 0 Å². The Morgan fingerprint density at radius 3 is 1.77 bits per heavy atom. The number of carboxylic acids is 2. The Hall–Kier alpha value is -2.77. The van der Waals surface area contributed by atoms with E-state index < -0.39 is 24.3 Å². The number of likely N-dealkylation sites (tertiary alicyclic amines) is 1. The maximum absolute atomic E-state index is 10.6. The molecule has 0 spiro atoms. The molecule has 1 aliphatic rings. The Labute approximate surface area is 233 Å². The van der Waals surface area contributed by atoms with E-state index in [2.05, 4.69) is 79.5 Å². The molecule has 0 aliphatic carbocycles. The Balaban J connectivity index is 0.000000473. The van der Waals surface area contributed by atoms with Gasteiger partial charge in [-0.15, -0.1) is 0 Å². The number of rotatable bonds is 7. The van der Waals surface area contributed by atoms with Gasteiger partial charge in [-0.25, -0.2) is 9.59 Å². The minimum Gasteiger partial charge on any atom is -0.475 e. The van der Waals surface area contributed by atoms with Crippen molar-refractivity contribution in [1.29, 1.82) is 0 Å². The van der Waals surface area contributed by atoms with E-state index in [4.69, 9.17) is 19.8 Å². The molecule has 224 valence electrons. The lowest BCUT2D eigenvalue weighted by Crippen LogP contribution is -2.29. The molecule has 3 rings (SSSR count). The van der Waals surface area contributed by atoms with Gasteiger partial charge in [-0.1, -0.05) is 62.9 Å². The van der Waals surface area contributed by atoms with E-state index >= 15 is 0 Å². The molecule has 6 nitrogen and oxygen atoms in total. The van der Waals surface area contributed by atoms with Crippen molar-refractivity contribution in [2.24, 2.45) is 0 Å². The standard InChI is InChI=1S/C23H32N2S.2C2HF3O2/c1-23(2,3)20-10-12-21(13-11-20)26-22-9-5-4-8-19(22)18-24-14-17-25-15-6-7-16-25;2*3-2(4,5)1(6)7/h4-5,8-13,24H,6-7,14-18H2,1-3H3;2*(H,6,7). The van der Waals surface area contributed by atoms with Gasteiger partial charge in [0.25, 0.3) is 0 Å². The molecule has 40 heavy (non-hydrogen) atoms. The number of carboxylic acid groups (broad SMARTS) is 2. The number of nitrogens with one attached hydrogen (secondary N) is 1. The summed E-state index contributed by atoms with van der Waals surface area (Å²) in [5, 5.41) is 17.9. The Bertz CT molecular complexity index is 1040. The summed E-state index contributed by atoms with van der Waals surface area (Å²) >= 11 is 1.87. The van der Waals surface area contributed by atoms with Crippen LogP contribution in [0, 0.1) is 0 Å². The van der Waals surface area contributed by atoms with Crippen LogP contribution in [-0.4, -0.2) is 65.6 Å². The second kappa shape index (κ2) is 15.9. The number of alkyl halides is 6. The third kappa shape index (κ3) is 14.0. The van der Waals surface area contributed by atoms with Crippen LogP contribution in [-0.2, 0) is 21.5 Å². The highest BCUT2D eigenvalue weighted by atomic mass is 32.2. The highest BCUT2D eigenvalue weighted by Gasteiger charge is 2.38. The van der Waals surface area contributed by atoms with Gasteiger partial charge in [0.2, 0.25) is 0 Å². The topological polar surface area (TPSA) is 89.9 Å². The number of carbonyl (C=O) groups is 2. The van der Waals surface area contributed by atoms with E-state index in [1.165, 1.54) is 53.4 Å². The molecule has 0 unspecified atom stereocenters. The normalized spacial score (nSPS) is 14.0. The van der Waals surface area contributed by atoms with E-state index in [0.29, 0.717) is 0 Å². The maximum atomic E-state index is 10.6. The van der Waals surface area contributed by atoms with Gasteiger partial charge < -0.3 is 20.4 Å². The van der Waals surface area contributed by atoms with Crippen LogP contribution in [0.1, 0.15) is 44.7 Å². The first-order valence-corrected chi connectivity index (χ1v) is 13.1. The molecule has 0 atom stereocenters. The predicted octanol–water partition coefficient (Wildman–Crippen LogP) is 6.59. The monoisotopic (exact) mass is 596 g/mol. The Morgan fingerprint density at radius 1 is 0.850 bits per heavy atom. The predicted molar refractivity (Wildman–Crippen MR) is 140 cm³/mol.